The van der Waals surface area contributed by atoms with Crippen LogP contribution in [0.4, 0.5) is 0 Å². The molecule has 2 N–H and O–H groups in total. The summed E-state index contributed by atoms with van der Waals surface area (Å²) in [5, 5.41) is 6.25. The SMILES string of the molecule is [NH-]O.[W].[Y]. The maximum Gasteiger partial charge on any atom is 0 e. The fourth-order valence-electron chi connectivity index (χ4n) is 0. The Morgan fingerprint density at radius 3 is 1.25 bits per heavy atom. The molecule has 0 aliphatic rings. The monoisotopic (exact) mass is 305 g/mol. The Morgan fingerprint density at radius 2 is 1.25 bits per heavy atom. The molecular weight excluding hydrogens is 303 g/mol. The minimum absolute atomic E-state index is 0. The second kappa shape index (κ2) is 22.2. The van der Waals surface area contributed by atoms with Crippen LogP contribution in [0.15, 0.2) is 0 Å². The second-order valence-corrected chi connectivity index (χ2v) is 0. The van der Waals surface area contributed by atoms with E-state index in [-0.39, 0.29) is 53.8 Å². The summed E-state index contributed by atoms with van der Waals surface area (Å²) < 4.78 is 0. The van der Waals surface area contributed by atoms with Gasteiger partial charge in [0, 0.05) is 53.8 Å². The molecule has 0 spiro atoms. The minimum Gasteiger partial charge on any atom is -0.553 e. The molecule has 2 nitrogen and oxygen atoms in total. The number of nitrogens with one attached hydrogen (secondary N) is 1. The zero-order valence-electron chi connectivity index (χ0n) is 1.93. The van der Waals surface area contributed by atoms with E-state index in [4.69, 9.17) is 11.1 Å². The minimum atomic E-state index is 0. The van der Waals surface area contributed by atoms with Crippen LogP contribution in [0.2, 0.25) is 0 Å². The first kappa shape index (κ1) is 17.2. The molecule has 0 aromatic heterocycles. The van der Waals surface area contributed by atoms with E-state index in [9.17, 15) is 0 Å². The van der Waals surface area contributed by atoms with Gasteiger partial charge in [-0.2, -0.15) is 0 Å². The van der Waals surface area contributed by atoms with Crippen LogP contribution in [-0.4, -0.2) is 5.21 Å². The van der Waals surface area contributed by atoms with Gasteiger partial charge in [-0.25, -0.2) is 0 Å². The molecule has 1 radical (unpaired) electrons. The predicted octanol–water partition coefficient (Wildman–Crippen LogP) is 0.423. The average Bonchev–Trinajstić information content (AvgIpc) is 1.00. The molecule has 0 atom stereocenters. The summed E-state index contributed by atoms with van der Waals surface area (Å²) in [6.45, 7) is 0. The van der Waals surface area contributed by atoms with E-state index in [2.05, 4.69) is 0 Å². The van der Waals surface area contributed by atoms with Crippen molar-refractivity contribution in [2.75, 3.05) is 0 Å². The maximum absolute atomic E-state index is 6.25. The molecule has 0 saturated heterocycles. The first-order valence-corrected chi connectivity index (χ1v) is 0.224. The van der Waals surface area contributed by atoms with Crippen LogP contribution < -0.4 is 0 Å². The Hall–Kier alpha value is 1.71. The van der Waals surface area contributed by atoms with Crippen molar-refractivity contribution in [1.82, 2.24) is 0 Å². The van der Waals surface area contributed by atoms with Crippen molar-refractivity contribution in [3.05, 3.63) is 5.90 Å². The van der Waals surface area contributed by atoms with Crippen molar-refractivity contribution in [1.29, 1.82) is 0 Å². The van der Waals surface area contributed by atoms with E-state index in [1.807, 2.05) is 0 Å². The third kappa shape index (κ3) is 9.31. The first-order valence-electron chi connectivity index (χ1n) is 0.224. The van der Waals surface area contributed by atoms with E-state index < -0.39 is 0 Å². The van der Waals surface area contributed by atoms with Gasteiger partial charge in [-0.3, -0.25) is 0 Å². The average molecular weight is 305 g/mol. The number of rotatable bonds is 0. The van der Waals surface area contributed by atoms with E-state index >= 15 is 0 Å². The Bertz CT molecular complexity index is 8.00. The molecule has 0 rings (SSSR count). The molecule has 0 fully saturated rings. The fraction of sp³-hybridized carbons (Fsp3) is 0. The molecule has 4 heavy (non-hydrogen) atoms. The summed E-state index contributed by atoms with van der Waals surface area (Å²) >= 11 is 0. The van der Waals surface area contributed by atoms with Crippen molar-refractivity contribution >= 4 is 0 Å². The van der Waals surface area contributed by atoms with Gasteiger partial charge in [0.05, 0.1) is 0 Å². The van der Waals surface area contributed by atoms with Crippen LogP contribution in [0.5, 0.6) is 0 Å². The Kier molecular flexibility index (Phi) is 95.5. The van der Waals surface area contributed by atoms with Crippen molar-refractivity contribution in [3.63, 3.8) is 0 Å². The summed E-state index contributed by atoms with van der Waals surface area (Å²) in [7, 11) is 0. The molecule has 0 aromatic carbocycles. The van der Waals surface area contributed by atoms with Gasteiger partial charge in [-0.05, 0) is 0 Å². The smallest absolute Gasteiger partial charge is 0 e. The van der Waals surface area contributed by atoms with Crippen LogP contribution in [0.1, 0.15) is 0 Å². The summed E-state index contributed by atoms with van der Waals surface area (Å²) in [4.78, 5) is 0. The standard InChI is InChI=1S/H2NO.W.Y/c1-2;;/h1-2H;;/q-1;;. The van der Waals surface area contributed by atoms with Gasteiger partial charge >= 0.3 is 0 Å². The van der Waals surface area contributed by atoms with E-state index in [1.54, 1.807) is 0 Å². The van der Waals surface area contributed by atoms with Crippen LogP contribution in [-0.2, 0) is 53.8 Å². The van der Waals surface area contributed by atoms with Crippen molar-refractivity contribution in [2.24, 2.45) is 0 Å². The molecule has 0 saturated carbocycles. The number of hydrogen-bond acceptors (Lipinski definition) is 1. The van der Waals surface area contributed by atoms with Gasteiger partial charge in [0.15, 0.2) is 0 Å². The summed E-state index contributed by atoms with van der Waals surface area (Å²) in [5.74, 6) is 4.75. The zero-order valence-corrected chi connectivity index (χ0v) is 7.70. The molecule has 0 amide bonds. The van der Waals surface area contributed by atoms with Crippen molar-refractivity contribution < 1.29 is 59.0 Å². The molecule has 0 bridgehead atoms. The van der Waals surface area contributed by atoms with Crippen molar-refractivity contribution in [2.45, 2.75) is 0 Å². The second-order valence-electron chi connectivity index (χ2n) is 0. The topological polar surface area (TPSA) is 44.0 Å². The fourth-order valence-corrected chi connectivity index (χ4v) is 0. The molecule has 4 heteroatoms. The summed E-state index contributed by atoms with van der Waals surface area (Å²) in [6.07, 6.45) is 0. The molecule has 0 aromatic rings. The zero-order chi connectivity index (χ0) is 2.00. The number of hydrogen-bond donors (Lipinski definition) is 1. The van der Waals surface area contributed by atoms with Crippen LogP contribution in [0.3, 0.4) is 0 Å². The van der Waals surface area contributed by atoms with Gasteiger partial charge in [0.2, 0.25) is 0 Å². The largest absolute Gasteiger partial charge is 0.553 e. The van der Waals surface area contributed by atoms with Gasteiger partial charge in [-0.1, -0.05) is 0 Å². The van der Waals surface area contributed by atoms with Gasteiger partial charge in [0.25, 0.3) is 0 Å². The molecule has 0 heterocycles. The molecule has 0 unspecified atom stereocenters. The first-order chi connectivity index (χ1) is 1.00. The van der Waals surface area contributed by atoms with Crippen LogP contribution in [0, 0.1) is 0 Å². The predicted molar refractivity (Wildman–Crippen MR) is 6.11 cm³/mol. The molecule has 0 aliphatic heterocycles. The summed E-state index contributed by atoms with van der Waals surface area (Å²) in [6, 6.07) is 0. The Balaban J connectivity index is -0.00000000500. The molecule has 0 aliphatic carbocycles. The summed E-state index contributed by atoms with van der Waals surface area (Å²) in [5.41, 5.74) is 0. The van der Waals surface area contributed by atoms with E-state index in [0.29, 0.717) is 0 Å². The quantitative estimate of drug-likeness (QED) is 0.648. The maximum atomic E-state index is 6.25. The van der Waals surface area contributed by atoms with Crippen LogP contribution in [0.25, 0.3) is 5.90 Å². The van der Waals surface area contributed by atoms with Crippen LogP contribution >= 0.6 is 0 Å². The molecule has 23 valence electrons. The van der Waals surface area contributed by atoms with E-state index in [0.717, 1.165) is 0 Å². The Labute approximate surface area is 64.2 Å². The van der Waals surface area contributed by atoms with Gasteiger partial charge in [-0.15, -0.1) is 0 Å². The normalized spacial score (nSPS) is 1.50. The van der Waals surface area contributed by atoms with Gasteiger partial charge in [0.1, 0.15) is 0 Å². The third-order valence-electron chi connectivity index (χ3n) is 0. The Morgan fingerprint density at radius 1 is 1.25 bits per heavy atom. The van der Waals surface area contributed by atoms with E-state index in [1.165, 1.54) is 0 Å². The molecular formula is H2NOWY-. The third-order valence-corrected chi connectivity index (χ3v) is 0. The van der Waals surface area contributed by atoms with Gasteiger partial charge < -0.3 is 11.1 Å². The van der Waals surface area contributed by atoms with Crippen molar-refractivity contribution in [3.8, 4) is 0 Å².